The Hall–Kier alpha value is -2.17. The molecule has 0 aliphatic carbocycles. The van der Waals surface area contributed by atoms with Crippen molar-refractivity contribution < 1.29 is 4.79 Å². The number of amides is 1. The fraction of sp³-hybridized carbons (Fsp3) is 0.458. The van der Waals surface area contributed by atoms with Gasteiger partial charge in [-0.3, -0.25) is 9.69 Å². The molecule has 0 spiro atoms. The molecule has 1 N–H and O–H groups in total. The lowest BCUT2D eigenvalue weighted by molar-refractivity contribution is 0.0773. The second-order valence-electron chi connectivity index (χ2n) is 7.77. The summed E-state index contributed by atoms with van der Waals surface area (Å²) in [5, 5.41) is 3.58. The summed E-state index contributed by atoms with van der Waals surface area (Å²) in [5.74, 6) is 0.108. The van der Waals surface area contributed by atoms with Gasteiger partial charge in [-0.15, -0.1) is 0 Å². The number of nitrogens with zero attached hydrogens (tertiary/aromatic N) is 2. The van der Waals surface area contributed by atoms with Gasteiger partial charge in [-0.25, -0.2) is 0 Å². The lowest BCUT2D eigenvalue weighted by atomic mass is 9.93. The highest BCUT2D eigenvalue weighted by molar-refractivity contribution is 5.94. The molecule has 1 aliphatic rings. The van der Waals surface area contributed by atoms with Crippen molar-refractivity contribution in [1.82, 2.24) is 15.1 Å². The predicted octanol–water partition coefficient (Wildman–Crippen LogP) is 3.94. The first-order valence-corrected chi connectivity index (χ1v) is 10.5. The van der Waals surface area contributed by atoms with Crippen LogP contribution in [0.25, 0.3) is 0 Å². The number of carbonyl (C=O) groups is 1. The molecule has 28 heavy (non-hydrogen) atoms. The Kier molecular flexibility index (Phi) is 6.87. The van der Waals surface area contributed by atoms with E-state index in [1.807, 2.05) is 30.9 Å². The summed E-state index contributed by atoms with van der Waals surface area (Å²) in [4.78, 5) is 17.1. The fourth-order valence-electron chi connectivity index (χ4n) is 4.12. The summed E-state index contributed by atoms with van der Waals surface area (Å²) >= 11 is 0. The number of carbonyl (C=O) groups excluding carboxylic acids is 1. The van der Waals surface area contributed by atoms with Crippen LogP contribution in [0.2, 0.25) is 0 Å². The van der Waals surface area contributed by atoms with E-state index in [-0.39, 0.29) is 11.9 Å². The Morgan fingerprint density at radius 3 is 2.25 bits per heavy atom. The van der Waals surface area contributed by atoms with Gasteiger partial charge < -0.3 is 10.2 Å². The van der Waals surface area contributed by atoms with E-state index in [9.17, 15) is 4.79 Å². The van der Waals surface area contributed by atoms with Crippen molar-refractivity contribution in [3.8, 4) is 0 Å². The SMILES string of the molecule is CCN(CC)C(=O)c1ccc([C@@H](c2ccccc2)N2C[C@@H](C)NC[C@@H]2C)cc1. The second kappa shape index (κ2) is 9.35. The molecule has 1 amide bonds. The van der Waals surface area contributed by atoms with Crippen molar-refractivity contribution in [3.05, 3.63) is 71.3 Å². The molecular formula is C24H33N3O. The first-order chi connectivity index (χ1) is 13.5. The number of rotatable bonds is 6. The smallest absolute Gasteiger partial charge is 0.253 e. The zero-order valence-electron chi connectivity index (χ0n) is 17.6. The van der Waals surface area contributed by atoms with Gasteiger partial charge in [0, 0.05) is 43.8 Å². The number of hydrogen-bond acceptors (Lipinski definition) is 3. The lowest BCUT2D eigenvalue weighted by Gasteiger charge is -2.43. The molecule has 4 nitrogen and oxygen atoms in total. The van der Waals surface area contributed by atoms with Gasteiger partial charge in [0.05, 0.1) is 6.04 Å². The summed E-state index contributed by atoms with van der Waals surface area (Å²) in [5.41, 5.74) is 3.30. The van der Waals surface area contributed by atoms with Crippen molar-refractivity contribution >= 4 is 5.91 Å². The van der Waals surface area contributed by atoms with Crippen LogP contribution in [0.3, 0.4) is 0 Å². The van der Waals surface area contributed by atoms with Gasteiger partial charge >= 0.3 is 0 Å². The Morgan fingerprint density at radius 2 is 1.64 bits per heavy atom. The average Bonchev–Trinajstić information content (AvgIpc) is 2.73. The summed E-state index contributed by atoms with van der Waals surface area (Å²) in [6.45, 7) is 12.0. The molecule has 0 aromatic heterocycles. The standard InChI is InChI=1S/C24H33N3O/c1-5-26(6-2)24(28)22-14-12-21(13-15-22)23(20-10-8-7-9-11-20)27-17-18(3)25-16-19(27)4/h7-15,18-19,23,25H,5-6,16-17H2,1-4H3/t18-,19+,23-/m1/s1. The molecule has 1 aliphatic heterocycles. The zero-order valence-corrected chi connectivity index (χ0v) is 17.6. The minimum absolute atomic E-state index is 0.108. The van der Waals surface area contributed by atoms with Crippen LogP contribution in [0.1, 0.15) is 55.2 Å². The van der Waals surface area contributed by atoms with Crippen molar-refractivity contribution in [3.63, 3.8) is 0 Å². The van der Waals surface area contributed by atoms with Gasteiger partial charge in [-0.2, -0.15) is 0 Å². The Balaban J connectivity index is 1.94. The van der Waals surface area contributed by atoms with E-state index in [1.165, 1.54) is 11.1 Å². The van der Waals surface area contributed by atoms with Gasteiger partial charge in [0.1, 0.15) is 0 Å². The van der Waals surface area contributed by atoms with Crippen LogP contribution >= 0.6 is 0 Å². The maximum atomic E-state index is 12.7. The highest BCUT2D eigenvalue weighted by Gasteiger charge is 2.31. The Bertz CT molecular complexity index is 755. The van der Waals surface area contributed by atoms with Crippen LogP contribution in [0, 0.1) is 0 Å². The lowest BCUT2D eigenvalue weighted by Crippen LogP contribution is -2.55. The largest absolute Gasteiger partial charge is 0.339 e. The second-order valence-corrected chi connectivity index (χ2v) is 7.77. The molecule has 3 atom stereocenters. The molecule has 4 heteroatoms. The predicted molar refractivity (Wildman–Crippen MR) is 116 cm³/mol. The third-order valence-electron chi connectivity index (χ3n) is 5.78. The Labute approximate surface area is 169 Å². The molecule has 0 bridgehead atoms. The summed E-state index contributed by atoms with van der Waals surface area (Å²) in [7, 11) is 0. The molecule has 0 unspecified atom stereocenters. The third kappa shape index (κ3) is 4.45. The van der Waals surface area contributed by atoms with Crippen molar-refractivity contribution in [1.29, 1.82) is 0 Å². The molecule has 0 saturated carbocycles. The molecule has 150 valence electrons. The maximum absolute atomic E-state index is 12.7. The molecule has 0 radical (unpaired) electrons. The molecular weight excluding hydrogens is 346 g/mol. The van der Waals surface area contributed by atoms with Crippen LogP contribution < -0.4 is 5.32 Å². The van der Waals surface area contributed by atoms with Crippen LogP contribution in [0.5, 0.6) is 0 Å². The molecule has 1 heterocycles. The number of nitrogens with one attached hydrogen (secondary N) is 1. The van der Waals surface area contributed by atoms with E-state index < -0.39 is 0 Å². The molecule has 2 aromatic rings. The minimum atomic E-state index is 0.108. The zero-order chi connectivity index (χ0) is 20.1. The number of piperazine rings is 1. The van der Waals surface area contributed by atoms with Gasteiger partial charge in [-0.05, 0) is 51.0 Å². The van der Waals surface area contributed by atoms with E-state index in [0.717, 1.165) is 31.7 Å². The first kappa shape index (κ1) is 20.6. The Morgan fingerprint density at radius 1 is 1.04 bits per heavy atom. The van der Waals surface area contributed by atoms with Crippen LogP contribution in [-0.2, 0) is 0 Å². The first-order valence-electron chi connectivity index (χ1n) is 10.5. The molecule has 1 saturated heterocycles. The number of hydrogen-bond donors (Lipinski definition) is 1. The van der Waals surface area contributed by atoms with E-state index in [2.05, 4.69) is 66.5 Å². The summed E-state index contributed by atoms with van der Waals surface area (Å²) < 4.78 is 0. The van der Waals surface area contributed by atoms with E-state index in [0.29, 0.717) is 12.1 Å². The normalized spacial score (nSPS) is 21.3. The van der Waals surface area contributed by atoms with Gasteiger partial charge in [0.15, 0.2) is 0 Å². The minimum Gasteiger partial charge on any atom is -0.339 e. The molecule has 3 rings (SSSR count). The molecule has 1 fully saturated rings. The van der Waals surface area contributed by atoms with E-state index in [4.69, 9.17) is 0 Å². The summed E-state index contributed by atoms with van der Waals surface area (Å²) in [6, 6.07) is 20.0. The van der Waals surface area contributed by atoms with Gasteiger partial charge in [0.25, 0.3) is 5.91 Å². The fourth-order valence-corrected chi connectivity index (χ4v) is 4.12. The highest BCUT2D eigenvalue weighted by atomic mass is 16.2. The summed E-state index contributed by atoms with van der Waals surface area (Å²) in [6.07, 6.45) is 0. The van der Waals surface area contributed by atoms with E-state index in [1.54, 1.807) is 0 Å². The number of benzene rings is 2. The maximum Gasteiger partial charge on any atom is 0.253 e. The van der Waals surface area contributed by atoms with Gasteiger partial charge in [-0.1, -0.05) is 42.5 Å². The highest BCUT2D eigenvalue weighted by Crippen LogP contribution is 2.32. The van der Waals surface area contributed by atoms with Crippen molar-refractivity contribution in [2.75, 3.05) is 26.2 Å². The van der Waals surface area contributed by atoms with Crippen LogP contribution in [0.4, 0.5) is 0 Å². The quantitative estimate of drug-likeness (QED) is 0.826. The molecule has 2 aromatic carbocycles. The van der Waals surface area contributed by atoms with E-state index >= 15 is 0 Å². The third-order valence-corrected chi connectivity index (χ3v) is 5.78. The van der Waals surface area contributed by atoms with Crippen molar-refractivity contribution in [2.24, 2.45) is 0 Å². The van der Waals surface area contributed by atoms with Crippen LogP contribution in [-0.4, -0.2) is 54.0 Å². The average molecular weight is 380 g/mol. The monoisotopic (exact) mass is 379 g/mol. The van der Waals surface area contributed by atoms with Gasteiger partial charge in [0.2, 0.25) is 0 Å². The van der Waals surface area contributed by atoms with Crippen molar-refractivity contribution in [2.45, 2.75) is 45.8 Å². The van der Waals surface area contributed by atoms with Crippen LogP contribution in [0.15, 0.2) is 54.6 Å². The topological polar surface area (TPSA) is 35.6 Å².